The number of benzene rings is 1. The SMILES string of the molecule is COc1ccc(OC)c(-c2ccsc2CN)c1. The molecule has 0 bridgehead atoms. The zero-order valence-corrected chi connectivity index (χ0v) is 10.7. The van der Waals surface area contributed by atoms with Gasteiger partial charge in [-0.1, -0.05) is 0 Å². The highest BCUT2D eigenvalue weighted by Gasteiger charge is 2.11. The van der Waals surface area contributed by atoms with Gasteiger partial charge in [-0.25, -0.2) is 0 Å². The number of rotatable bonds is 4. The fourth-order valence-corrected chi connectivity index (χ4v) is 2.53. The Morgan fingerprint density at radius 3 is 2.59 bits per heavy atom. The summed E-state index contributed by atoms with van der Waals surface area (Å²) in [5, 5.41) is 2.04. The molecule has 0 radical (unpaired) electrons. The minimum Gasteiger partial charge on any atom is -0.497 e. The fraction of sp³-hybridized carbons (Fsp3) is 0.231. The average molecular weight is 249 g/mol. The number of thiophene rings is 1. The first-order valence-electron chi connectivity index (χ1n) is 5.29. The molecule has 0 aliphatic carbocycles. The Balaban J connectivity index is 2.56. The monoisotopic (exact) mass is 249 g/mol. The lowest BCUT2D eigenvalue weighted by Gasteiger charge is -2.10. The Labute approximate surface area is 105 Å². The molecule has 0 saturated carbocycles. The highest BCUT2D eigenvalue weighted by atomic mass is 32.1. The zero-order valence-electron chi connectivity index (χ0n) is 9.90. The van der Waals surface area contributed by atoms with Gasteiger partial charge in [-0.05, 0) is 29.6 Å². The Morgan fingerprint density at radius 2 is 1.94 bits per heavy atom. The van der Waals surface area contributed by atoms with E-state index in [-0.39, 0.29) is 0 Å². The Kier molecular flexibility index (Phi) is 3.66. The van der Waals surface area contributed by atoms with Crippen LogP contribution in [0.5, 0.6) is 11.5 Å². The lowest BCUT2D eigenvalue weighted by atomic mass is 10.1. The van der Waals surface area contributed by atoms with Crippen LogP contribution in [0.15, 0.2) is 29.6 Å². The maximum atomic E-state index is 5.73. The standard InChI is InChI=1S/C13H15NO2S/c1-15-9-3-4-12(16-2)11(7-9)10-5-6-17-13(10)8-14/h3-7H,8,14H2,1-2H3. The molecule has 0 spiro atoms. The van der Waals surface area contributed by atoms with Gasteiger partial charge in [0, 0.05) is 22.5 Å². The van der Waals surface area contributed by atoms with Gasteiger partial charge in [0.15, 0.2) is 0 Å². The van der Waals surface area contributed by atoms with Crippen LogP contribution >= 0.6 is 11.3 Å². The molecule has 2 rings (SSSR count). The van der Waals surface area contributed by atoms with Gasteiger partial charge in [-0.3, -0.25) is 0 Å². The molecule has 2 aromatic rings. The summed E-state index contributed by atoms with van der Waals surface area (Å²) < 4.78 is 10.6. The molecule has 1 heterocycles. The molecule has 0 fully saturated rings. The molecule has 1 aromatic carbocycles. The molecule has 0 amide bonds. The number of hydrogen-bond donors (Lipinski definition) is 1. The van der Waals surface area contributed by atoms with Crippen molar-refractivity contribution < 1.29 is 9.47 Å². The van der Waals surface area contributed by atoms with Crippen molar-refractivity contribution in [2.45, 2.75) is 6.54 Å². The van der Waals surface area contributed by atoms with E-state index in [4.69, 9.17) is 15.2 Å². The molecule has 0 aliphatic rings. The molecule has 0 saturated heterocycles. The van der Waals surface area contributed by atoms with Crippen molar-refractivity contribution in [3.05, 3.63) is 34.5 Å². The summed E-state index contributed by atoms with van der Waals surface area (Å²) in [6, 6.07) is 7.83. The van der Waals surface area contributed by atoms with E-state index < -0.39 is 0 Å². The molecule has 0 aliphatic heterocycles. The minimum atomic E-state index is 0.535. The van der Waals surface area contributed by atoms with Gasteiger partial charge in [0.1, 0.15) is 11.5 Å². The van der Waals surface area contributed by atoms with E-state index in [0.717, 1.165) is 27.5 Å². The Bertz CT molecular complexity index is 508. The maximum Gasteiger partial charge on any atom is 0.126 e. The third-order valence-corrected chi connectivity index (χ3v) is 3.57. The topological polar surface area (TPSA) is 44.5 Å². The predicted molar refractivity (Wildman–Crippen MR) is 70.8 cm³/mol. The summed E-state index contributed by atoms with van der Waals surface area (Å²) in [5.41, 5.74) is 7.87. The van der Waals surface area contributed by atoms with E-state index in [1.165, 1.54) is 0 Å². The third kappa shape index (κ3) is 2.28. The smallest absolute Gasteiger partial charge is 0.126 e. The van der Waals surface area contributed by atoms with E-state index >= 15 is 0 Å². The zero-order chi connectivity index (χ0) is 12.3. The molecule has 0 atom stereocenters. The quantitative estimate of drug-likeness (QED) is 0.906. The van der Waals surface area contributed by atoms with Crippen LogP contribution in [-0.4, -0.2) is 14.2 Å². The molecular weight excluding hydrogens is 234 g/mol. The second kappa shape index (κ2) is 5.21. The van der Waals surface area contributed by atoms with Crippen molar-refractivity contribution >= 4 is 11.3 Å². The summed E-state index contributed by atoms with van der Waals surface area (Å²) >= 11 is 1.66. The highest BCUT2D eigenvalue weighted by Crippen LogP contribution is 2.37. The van der Waals surface area contributed by atoms with E-state index in [9.17, 15) is 0 Å². The molecule has 3 nitrogen and oxygen atoms in total. The van der Waals surface area contributed by atoms with Crippen LogP contribution in [0.25, 0.3) is 11.1 Å². The summed E-state index contributed by atoms with van der Waals surface area (Å²) in [6.45, 7) is 0.535. The number of methoxy groups -OCH3 is 2. The van der Waals surface area contributed by atoms with Crippen molar-refractivity contribution in [1.29, 1.82) is 0 Å². The number of nitrogens with two attached hydrogens (primary N) is 1. The van der Waals surface area contributed by atoms with Gasteiger partial charge >= 0.3 is 0 Å². The summed E-state index contributed by atoms with van der Waals surface area (Å²) in [5.74, 6) is 1.65. The molecule has 2 N–H and O–H groups in total. The van der Waals surface area contributed by atoms with Crippen molar-refractivity contribution in [3.8, 4) is 22.6 Å². The van der Waals surface area contributed by atoms with E-state index in [2.05, 4.69) is 6.07 Å². The van der Waals surface area contributed by atoms with E-state index in [0.29, 0.717) is 6.54 Å². The highest BCUT2D eigenvalue weighted by molar-refractivity contribution is 7.10. The molecule has 90 valence electrons. The average Bonchev–Trinajstić information content (AvgIpc) is 2.86. The minimum absolute atomic E-state index is 0.535. The number of hydrogen-bond acceptors (Lipinski definition) is 4. The third-order valence-electron chi connectivity index (χ3n) is 2.63. The van der Waals surface area contributed by atoms with Crippen LogP contribution in [0.3, 0.4) is 0 Å². The molecular formula is C13H15NO2S. The summed E-state index contributed by atoms with van der Waals surface area (Å²) in [6.07, 6.45) is 0. The van der Waals surface area contributed by atoms with Gasteiger partial charge in [-0.2, -0.15) is 0 Å². The first kappa shape index (κ1) is 12.0. The predicted octanol–water partition coefficient (Wildman–Crippen LogP) is 2.89. The molecule has 4 heteroatoms. The lowest BCUT2D eigenvalue weighted by Crippen LogP contribution is -1.96. The first-order chi connectivity index (χ1) is 8.30. The second-order valence-corrected chi connectivity index (χ2v) is 4.53. The van der Waals surface area contributed by atoms with Crippen molar-refractivity contribution in [2.75, 3.05) is 14.2 Å². The van der Waals surface area contributed by atoms with Crippen molar-refractivity contribution in [2.24, 2.45) is 5.73 Å². The Morgan fingerprint density at radius 1 is 1.12 bits per heavy atom. The molecule has 1 aromatic heterocycles. The molecule has 0 unspecified atom stereocenters. The maximum absolute atomic E-state index is 5.73. The molecule has 17 heavy (non-hydrogen) atoms. The van der Waals surface area contributed by atoms with Gasteiger partial charge < -0.3 is 15.2 Å². The summed E-state index contributed by atoms with van der Waals surface area (Å²) in [7, 11) is 3.32. The van der Waals surface area contributed by atoms with Crippen LogP contribution in [0, 0.1) is 0 Å². The van der Waals surface area contributed by atoms with Crippen LogP contribution < -0.4 is 15.2 Å². The van der Waals surface area contributed by atoms with Crippen LogP contribution in [-0.2, 0) is 6.54 Å². The second-order valence-electron chi connectivity index (χ2n) is 3.53. The van der Waals surface area contributed by atoms with Crippen LogP contribution in [0.4, 0.5) is 0 Å². The Hall–Kier alpha value is -1.52. The number of ether oxygens (including phenoxy) is 2. The van der Waals surface area contributed by atoms with E-state index in [1.54, 1.807) is 25.6 Å². The van der Waals surface area contributed by atoms with Crippen molar-refractivity contribution in [1.82, 2.24) is 0 Å². The van der Waals surface area contributed by atoms with Gasteiger partial charge in [-0.15, -0.1) is 11.3 Å². The first-order valence-corrected chi connectivity index (χ1v) is 6.17. The van der Waals surface area contributed by atoms with E-state index in [1.807, 2.05) is 23.6 Å². The van der Waals surface area contributed by atoms with Gasteiger partial charge in [0.2, 0.25) is 0 Å². The normalized spacial score (nSPS) is 10.3. The van der Waals surface area contributed by atoms with Gasteiger partial charge in [0.05, 0.1) is 14.2 Å². The fourth-order valence-electron chi connectivity index (χ4n) is 1.76. The largest absolute Gasteiger partial charge is 0.497 e. The van der Waals surface area contributed by atoms with Gasteiger partial charge in [0.25, 0.3) is 0 Å². The lowest BCUT2D eigenvalue weighted by molar-refractivity contribution is 0.404. The summed E-state index contributed by atoms with van der Waals surface area (Å²) in [4.78, 5) is 1.15. The van der Waals surface area contributed by atoms with Crippen LogP contribution in [0.1, 0.15) is 4.88 Å². The van der Waals surface area contributed by atoms with Crippen LogP contribution in [0.2, 0.25) is 0 Å². The van der Waals surface area contributed by atoms with Crippen molar-refractivity contribution in [3.63, 3.8) is 0 Å².